The molecule has 0 fully saturated rings. The van der Waals surface area contributed by atoms with Crippen LogP contribution in [-0.2, 0) is 18.3 Å². The standard InChI is InChI=1S/C24H26O2/c1-4-17-6-15-23(18(5-2)16-17)24(3,19-7-11-21(25)12-8-19)20-9-13-22(26)14-10-20/h6-16,25-26H,4-5H2,1-3H3. The molecule has 0 radical (unpaired) electrons. The maximum absolute atomic E-state index is 9.74. The fourth-order valence-corrected chi connectivity index (χ4v) is 3.71. The minimum atomic E-state index is -0.376. The highest BCUT2D eigenvalue weighted by atomic mass is 16.3. The van der Waals surface area contributed by atoms with Gasteiger partial charge in [-0.1, -0.05) is 56.3 Å². The van der Waals surface area contributed by atoms with E-state index in [4.69, 9.17) is 0 Å². The third-order valence-corrected chi connectivity index (χ3v) is 5.39. The van der Waals surface area contributed by atoms with E-state index in [0.717, 1.165) is 24.0 Å². The number of hydrogen-bond acceptors (Lipinski definition) is 2. The molecule has 0 amide bonds. The van der Waals surface area contributed by atoms with Crippen molar-refractivity contribution >= 4 is 0 Å². The maximum atomic E-state index is 9.74. The summed E-state index contributed by atoms with van der Waals surface area (Å²) < 4.78 is 0. The van der Waals surface area contributed by atoms with E-state index in [0.29, 0.717) is 0 Å². The third-order valence-electron chi connectivity index (χ3n) is 5.39. The smallest absolute Gasteiger partial charge is 0.115 e. The molecule has 3 aromatic carbocycles. The number of phenolic OH excluding ortho intramolecular Hbond substituents is 2. The van der Waals surface area contributed by atoms with Crippen molar-refractivity contribution in [2.75, 3.05) is 0 Å². The Morgan fingerprint density at radius 1 is 0.692 bits per heavy atom. The van der Waals surface area contributed by atoms with Crippen molar-refractivity contribution in [3.05, 3.63) is 94.5 Å². The van der Waals surface area contributed by atoms with Gasteiger partial charge in [0.25, 0.3) is 0 Å². The van der Waals surface area contributed by atoms with E-state index in [1.165, 1.54) is 16.7 Å². The maximum Gasteiger partial charge on any atom is 0.115 e. The molecule has 3 aromatic rings. The predicted octanol–water partition coefficient (Wildman–Crippen LogP) is 5.58. The highest BCUT2D eigenvalue weighted by molar-refractivity contribution is 5.54. The Morgan fingerprint density at radius 2 is 1.19 bits per heavy atom. The molecule has 0 unspecified atom stereocenters. The molecule has 0 saturated heterocycles. The first kappa shape index (κ1) is 18.1. The predicted molar refractivity (Wildman–Crippen MR) is 107 cm³/mol. The first-order valence-corrected chi connectivity index (χ1v) is 9.20. The van der Waals surface area contributed by atoms with E-state index in [9.17, 15) is 10.2 Å². The van der Waals surface area contributed by atoms with Crippen LogP contribution in [0.5, 0.6) is 11.5 Å². The van der Waals surface area contributed by atoms with Gasteiger partial charge in [-0.15, -0.1) is 0 Å². The molecule has 134 valence electrons. The van der Waals surface area contributed by atoms with Crippen molar-refractivity contribution in [1.29, 1.82) is 0 Å². The monoisotopic (exact) mass is 346 g/mol. The topological polar surface area (TPSA) is 40.5 Å². The molecule has 2 nitrogen and oxygen atoms in total. The molecule has 0 saturated carbocycles. The summed E-state index contributed by atoms with van der Waals surface area (Å²) in [5.74, 6) is 0.526. The van der Waals surface area contributed by atoms with E-state index in [-0.39, 0.29) is 16.9 Å². The minimum Gasteiger partial charge on any atom is -0.508 e. The lowest BCUT2D eigenvalue weighted by molar-refractivity contribution is 0.474. The first-order valence-electron chi connectivity index (χ1n) is 9.20. The summed E-state index contributed by atoms with van der Waals surface area (Å²) in [6.45, 7) is 6.58. The van der Waals surface area contributed by atoms with Crippen LogP contribution >= 0.6 is 0 Å². The zero-order chi connectivity index (χ0) is 18.7. The van der Waals surface area contributed by atoms with E-state index in [1.54, 1.807) is 24.3 Å². The summed E-state index contributed by atoms with van der Waals surface area (Å²) >= 11 is 0. The van der Waals surface area contributed by atoms with Gasteiger partial charge in [-0.2, -0.15) is 0 Å². The molecule has 0 bridgehead atoms. The zero-order valence-electron chi connectivity index (χ0n) is 15.7. The summed E-state index contributed by atoms with van der Waals surface area (Å²) in [6.07, 6.45) is 1.97. The second-order valence-corrected chi connectivity index (χ2v) is 6.92. The Kier molecular flexibility index (Phi) is 5.03. The van der Waals surface area contributed by atoms with Crippen LogP contribution in [-0.4, -0.2) is 10.2 Å². The van der Waals surface area contributed by atoms with Crippen LogP contribution in [0.1, 0.15) is 48.6 Å². The number of aromatic hydroxyl groups is 2. The Balaban J connectivity index is 2.27. The Labute approximate surface area is 155 Å². The van der Waals surface area contributed by atoms with E-state index in [1.807, 2.05) is 24.3 Å². The third kappa shape index (κ3) is 3.20. The molecular weight excluding hydrogens is 320 g/mol. The van der Waals surface area contributed by atoms with Crippen LogP contribution in [0.15, 0.2) is 66.7 Å². The van der Waals surface area contributed by atoms with E-state index in [2.05, 4.69) is 39.0 Å². The highest BCUT2D eigenvalue weighted by Crippen LogP contribution is 2.41. The SMILES string of the molecule is CCc1ccc(C(C)(c2ccc(O)cc2)c2ccc(O)cc2)c(CC)c1. The largest absolute Gasteiger partial charge is 0.508 e. The van der Waals surface area contributed by atoms with Crippen molar-refractivity contribution in [1.82, 2.24) is 0 Å². The summed E-state index contributed by atoms with van der Waals surface area (Å²) in [7, 11) is 0. The lowest BCUT2D eigenvalue weighted by atomic mass is 9.69. The normalized spacial score (nSPS) is 11.5. The molecule has 0 atom stereocenters. The van der Waals surface area contributed by atoms with Gasteiger partial charge in [-0.3, -0.25) is 0 Å². The molecule has 0 spiro atoms. The van der Waals surface area contributed by atoms with Crippen molar-refractivity contribution in [3.63, 3.8) is 0 Å². The average molecular weight is 346 g/mol. The minimum absolute atomic E-state index is 0.263. The molecule has 0 aliphatic rings. The van der Waals surface area contributed by atoms with Gasteiger partial charge in [-0.25, -0.2) is 0 Å². The van der Waals surface area contributed by atoms with Crippen LogP contribution < -0.4 is 0 Å². The van der Waals surface area contributed by atoms with Gasteiger partial charge in [0.15, 0.2) is 0 Å². The van der Waals surface area contributed by atoms with Gasteiger partial charge in [0.1, 0.15) is 11.5 Å². The molecule has 26 heavy (non-hydrogen) atoms. The lowest BCUT2D eigenvalue weighted by Gasteiger charge is -2.34. The molecule has 2 N–H and O–H groups in total. The lowest BCUT2D eigenvalue weighted by Crippen LogP contribution is -2.27. The van der Waals surface area contributed by atoms with Gasteiger partial charge < -0.3 is 10.2 Å². The van der Waals surface area contributed by atoms with Gasteiger partial charge in [0.2, 0.25) is 0 Å². The second-order valence-electron chi connectivity index (χ2n) is 6.92. The summed E-state index contributed by atoms with van der Waals surface area (Å²) in [4.78, 5) is 0. The Hall–Kier alpha value is -2.74. The average Bonchev–Trinajstić information content (AvgIpc) is 2.68. The first-order chi connectivity index (χ1) is 12.5. The zero-order valence-corrected chi connectivity index (χ0v) is 15.7. The number of aryl methyl sites for hydroxylation is 2. The fraction of sp³-hybridized carbons (Fsp3) is 0.250. The van der Waals surface area contributed by atoms with Gasteiger partial charge >= 0.3 is 0 Å². The van der Waals surface area contributed by atoms with Gasteiger partial charge in [0.05, 0.1) is 0 Å². The molecule has 3 rings (SSSR count). The molecule has 0 aromatic heterocycles. The van der Waals surface area contributed by atoms with Crippen molar-refractivity contribution < 1.29 is 10.2 Å². The summed E-state index contributed by atoms with van der Waals surface area (Å²) in [5, 5.41) is 19.5. The Morgan fingerprint density at radius 3 is 1.62 bits per heavy atom. The van der Waals surface area contributed by atoms with Crippen LogP contribution in [0.4, 0.5) is 0 Å². The molecular formula is C24H26O2. The van der Waals surface area contributed by atoms with Crippen LogP contribution in [0.2, 0.25) is 0 Å². The number of rotatable bonds is 5. The van der Waals surface area contributed by atoms with E-state index < -0.39 is 0 Å². The molecule has 0 aliphatic carbocycles. The molecule has 0 heterocycles. The second kappa shape index (κ2) is 7.25. The van der Waals surface area contributed by atoms with Crippen LogP contribution in [0.3, 0.4) is 0 Å². The van der Waals surface area contributed by atoms with Crippen molar-refractivity contribution in [2.45, 2.75) is 39.0 Å². The van der Waals surface area contributed by atoms with Crippen molar-refractivity contribution in [3.8, 4) is 11.5 Å². The fourth-order valence-electron chi connectivity index (χ4n) is 3.71. The number of phenols is 2. The van der Waals surface area contributed by atoms with Crippen molar-refractivity contribution in [2.24, 2.45) is 0 Å². The van der Waals surface area contributed by atoms with Gasteiger partial charge in [0, 0.05) is 5.41 Å². The quantitative estimate of drug-likeness (QED) is 0.592. The van der Waals surface area contributed by atoms with Crippen LogP contribution in [0, 0.1) is 0 Å². The van der Waals surface area contributed by atoms with Crippen LogP contribution in [0.25, 0.3) is 0 Å². The molecule has 0 aliphatic heterocycles. The number of benzene rings is 3. The van der Waals surface area contributed by atoms with E-state index >= 15 is 0 Å². The summed E-state index contributed by atoms with van der Waals surface area (Å²) in [6, 6.07) is 21.6. The highest BCUT2D eigenvalue weighted by Gasteiger charge is 2.33. The number of hydrogen-bond donors (Lipinski definition) is 2. The van der Waals surface area contributed by atoms with Gasteiger partial charge in [-0.05, 0) is 71.8 Å². The Bertz CT molecular complexity index is 832. The summed E-state index contributed by atoms with van der Waals surface area (Å²) in [5.41, 5.74) is 5.77. The molecule has 2 heteroatoms.